The second kappa shape index (κ2) is 10.2. The van der Waals surface area contributed by atoms with Gasteiger partial charge in [-0.15, -0.1) is 0 Å². The standard InChI is InChI=1S/C32H30F3NO3/c33-32(34,35)22-7-5-6-20(16-22)12-15-30(37)21-17-23-13-14-24(18-21)36(23)31(38)39-19-29-27-10-3-1-8-25(27)26-9-2-4-11-28(26)29/h1-11,16,21,23-24,29H,12-15,17-19H2. The summed E-state index contributed by atoms with van der Waals surface area (Å²) in [5, 5.41) is 0. The van der Waals surface area contributed by atoms with Crippen molar-refractivity contribution in [2.75, 3.05) is 6.61 Å². The van der Waals surface area contributed by atoms with Crippen molar-refractivity contribution >= 4 is 11.9 Å². The number of piperidine rings is 1. The second-order valence-electron chi connectivity index (χ2n) is 10.9. The van der Waals surface area contributed by atoms with Crippen molar-refractivity contribution in [1.29, 1.82) is 0 Å². The number of carbonyl (C=O) groups is 2. The largest absolute Gasteiger partial charge is 0.448 e. The van der Waals surface area contributed by atoms with Crippen molar-refractivity contribution < 1.29 is 27.5 Å². The van der Waals surface area contributed by atoms with E-state index in [1.165, 1.54) is 28.3 Å². The number of amides is 1. The maximum atomic E-state index is 13.3. The van der Waals surface area contributed by atoms with E-state index in [2.05, 4.69) is 24.3 Å². The Balaban J connectivity index is 1.06. The molecule has 2 aliphatic heterocycles. The third kappa shape index (κ3) is 4.95. The maximum absolute atomic E-state index is 13.3. The molecule has 3 aliphatic rings. The molecular weight excluding hydrogens is 503 g/mol. The molecule has 2 saturated heterocycles. The molecule has 0 aromatic heterocycles. The van der Waals surface area contributed by atoms with E-state index >= 15 is 0 Å². The van der Waals surface area contributed by atoms with Gasteiger partial charge in [-0.3, -0.25) is 4.79 Å². The Morgan fingerprint density at radius 1 is 0.846 bits per heavy atom. The lowest BCUT2D eigenvalue weighted by Crippen LogP contribution is -2.48. The number of fused-ring (bicyclic) bond motifs is 5. The average molecular weight is 534 g/mol. The van der Waals surface area contributed by atoms with Crippen LogP contribution in [0.5, 0.6) is 0 Å². The molecule has 2 heterocycles. The number of halogens is 3. The predicted octanol–water partition coefficient (Wildman–Crippen LogP) is 7.40. The zero-order valence-corrected chi connectivity index (χ0v) is 21.5. The predicted molar refractivity (Wildman–Crippen MR) is 141 cm³/mol. The second-order valence-corrected chi connectivity index (χ2v) is 10.9. The Labute approximate surface area is 225 Å². The van der Waals surface area contributed by atoms with Crippen molar-refractivity contribution in [2.45, 2.75) is 62.7 Å². The quantitative estimate of drug-likeness (QED) is 0.332. The van der Waals surface area contributed by atoms with Crippen LogP contribution in [0.1, 0.15) is 60.3 Å². The molecule has 39 heavy (non-hydrogen) atoms. The minimum atomic E-state index is -4.40. The molecule has 7 heteroatoms. The van der Waals surface area contributed by atoms with Crippen molar-refractivity contribution in [3.05, 3.63) is 95.1 Å². The van der Waals surface area contributed by atoms with Gasteiger partial charge in [0.1, 0.15) is 12.4 Å². The van der Waals surface area contributed by atoms with E-state index in [0.29, 0.717) is 18.4 Å². The molecule has 0 spiro atoms. The number of aryl methyl sites for hydroxylation is 1. The zero-order chi connectivity index (χ0) is 27.1. The summed E-state index contributed by atoms with van der Waals surface area (Å²) < 4.78 is 45.0. The first-order valence-corrected chi connectivity index (χ1v) is 13.6. The number of ether oxygens (including phenoxy) is 1. The molecule has 0 N–H and O–H groups in total. The fourth-order valence-electron chi connectivity index (χ4n) is 6.78. The summed E-state index contributed by atoms with van der Waals surface area (Å²) in [6, 6.07) is 21.5. The molecule has 6 rings (SSSR count). The molecule has 0 saturated carbocycles. The van der Waals surface area contributed by atoms with Crippen molar-refractivity contribution in [3.63, 3.8) is 0 Å². The highest BCUT2D eigenvalue weighted by atomic mass is 19.4. The van der Waals surface area contributed by atoms with Crippen LogP contribution in [0.15, 0.2) is 72.8 Å². The fraction of sp³-hybridized carbons (Fsp3) is 0.375. The average Bonchev–Trinajstić information content (AvgIpc) is 3.40. The molecule has 2 atom stereocenters. The van der Waals surface area contributed by atoms with Gasteiger partial charge >= 0.3 is 12.3 Å². The first kappa shape index (κ1) is 25.7. The van der Waals surface area contributed by atoms with Crippen molar-refractivity contribution in [1.82, 2.24) is 4.90 Å². The summed E-state index contributed by atoms with van der Waals surface area (Å²) >= 11 is 0. The molecule has 3 aromatic carbocycles. The van der Waals surface area contributed by atoms with Gasteiger partial charge < -0.3 is 9.64 Å². The molecule has 4 nitrogen and oxygen atoms in total. The molecule has 2 unspecified atom stereocenters. The van der Waals surface area contributed by atoms with E-state index in [4.69, 9.17) is 4.74 Å². The Morgan fingerprint density at radius 3 is 2.08 bits per heavy atom. The van der Waals surface area contributed by atoms with Gasteiger partial charge in [0.25, 0.3) is 0 Å². The first-order chi connectivity index (χ1) is 18.8. The molecule has 0 radical (unpaired) electrons. The number of nitrogens with zero attached hydrogens (tertiary/aromatic N) is 1. The van der Waals surface area contributed by atoms with E-state index in [1.807, 2.05) is 29.2 Å². The van der Waals surface area contributed by atoms with Crippen LogP contribution in [-0.2, 0) is 22.1 Å². The van der Waals surface area contributed by atoms with Gasteiger partial charge in [0, 0.05) is 30.3 Å². The Morgan fingerprint density at radius 2 is 1.46 bits per heavy atom. The van der Waals surface area contributed by atoms with Crippen LogP contribution < -0.4 is 0 Å². The van der Waals surface area contributed by atoms with E-state index in [1.54, 1.807) is 6.07 Å². The Kier molecular flexibility index (Phi) is 6.69. The van der Waals surface area contributed by atoms with Crippen LogP contribution in [0.4, 0.5) is 18.0 Å². The third-order valence-electron chi connectivity index (χ3n) is 8.65. The summed E-state index contributed by atoms with van der Waals surface area (Å²) in [6.07, 6.45) is -1.38. The number of benzene rings is 3. The van der Waals surface area contributed by atoms with E-state index in [0.717, 1.165) is 25.0 Å². The van der Waals surface area contributed by atoms with Crippen LogP contribution in [0.3, 0.4) is 0 Å². The number of carbonyl (C=O) groups excluding carboxylic acids is 2. The SMILES string of the molecule is O=C(CCc1cccc(C(F)(F)F)c1)C1CC2CCC(C1)N2C(=O)OCC1c2ccccc2-c2ccccc21. The van der Waals surface area contributed by atoms with Crippen LogP contribution >= 0.6 is 0 Å². The summed E-state index contributed by atoms with van der Waals surface area (Å²) in [7, 11) is 0. The minimum absolute atomic E-state index is 0.00559. The van der Waals surface area contributed by atoms with Crippen LogP contribution in [0.2, 0.25) is 0 Å². The van der Waals surface area contributed by atoms with E-state index in [-0.39, 0.29) is 55.2 Å². The van der Waals surface area contributed by atoms with Crippen LogP contribution in [0, 0.1) is 5.92 Å². The summed E-state index contributed by atoms with van der Waals surface area (Å²) in [5.74, 6) is -0.114. The molecular formula is C32H30F3NO3. The first-order valence-electron chi connectivity index (χ1n) is 13.6. The maximum Gasteiger partial charge on any atom is 0.416 e. The number of ketones is 1. The fourth-order valence-corrected chi connectivity index (χ4v) is 6.78. The summed E-state index contributed by atoms with van der Waals surface area (Å²) in [6.45, 7) is 0.266. The molecule has 1 amide bonds. The highest BCUT2D eigenvalue weighted by Gasteiger charge is 2.46. The van der Waals surface area contributed by atoms with E-state index in [9.17, 15) is 22.8 Å². The minimum Gasteiger partial charge on any atom is -0.448 e. The van der Waals surface area contributed by atoms with Gasteiger partial charge in [-0.1, -0.05) is 66.7 Å². The van der Waals surface area contributed by atoms with Gasteiger partial charge in [-0.25, -0.2) is 4.79 Å². The summed E-state index contributed by atoms with van der Waals surface area (Å²) in [4.78, 5) is 28.1. The molecule has 1 aliphatic carbocycles. The highest BCUT2D eigenvalue weighted by molar-refractivity contribution is 5.82. The Hall–Kier alpha value is -3.61. The zero-order valence-electron chi connectivity index (χ0n) is 21.5. The van der Waals surface area contributed by atoms with Crippen molar-refractivity contribution in [2.24, 2.45) is 5.92 Å². The Bertz CT molecular complexity index is 1340. The number of hydrogen-bond donors (Lipinski definition) is 0. The number of hydrogen-bond acceptors (Lipinski definition) is 3. The van der Waals surface area contributed by atoms with Gasteiger partial charge in [0.2, 0.25) is 0 Å². The third-order valence-corrected chi connectivity index (χ3v) is 8.65. The highest BCUT2D eigenvalue weighted by Crippen LogP contribution is 2.45. The van der Waals surface area contributed by atoms with E-state index < -0.39 is 11.7 Å². The summed E-state index contributed by atoms with van der Waals surface area (Å²) in [5.41, 5.74) is 4.51. The van der Waals surface area contributed by atoms with Crippen LogP contribution in [0.25, 0.3) is 11.1 Å². The topological polar surface area (TPSA) is 46.6 Å². The van der Waals surface area contributed by atoms with Gasteiger partial charge in [-0.2, -0.15) is 13.2 Å². The van der Waals surface area contributed by atoms with Crippen molar-refractivity contribution in [3.8, 4) is 11.1 Å². The smallest absolute Gasteiger partial charge is 0.416 e. The van der Waals surface area contributed by atoms with Crippen LogP contribution in [-0.4, -0.2) is 35.5 Å². The molecule has 3 aromatic rings. The number of rotatable bonds is 6. The lowest BCUT2D eigenvalue weighted by molar-refractivity contribution is -0.137. The molecule has 2 bridgehead atoms. The number of Topliss-reactive ketones (excluding diaryl/α,β-unsaturated/α-hetero) is 1. The lowest BCUT2D eigenvalue weighted by atomic mass is 9.85. The molecule has 202 valence electrons. The van der Waals surface area contributed by atoms with Gasteiger partial charge in [-0.05, 0) is 66.0 Å². The normalized spacial score (nSPS) is 21.9. The monoisotopic (exact) mass is 533 g/mol. The van der Waals surface area contributed by atoms with Gasteiger partial charge in [0.15, 0.2) is 0 Å². The lowest BCUT2D eigenvalue weighted by Gasteiger charge is -2.37. The number of alkyl halides is 3. The molecule has 2 fully saturated rings. The van der Waals surface area contributed by atoms with Gasteiger partial charge in [0.05, 0.1) is 5.56 Å².